The molecule has 29 heavy (non-hydrogen) atoms. The largest absolute Gasteiger partial charge is 0.455 e. The number of ether oxygens (including phenoxy) is 1. The summed E-state index contributed by atoms with van der Waals surface area (Å²) in [7, 11) is 0. The molecule has 0 radical (unpaired) electrons. The van der Waals surface area contributed by atoms with Crippen LogP contribution in [0.3, 0.4) is 0 Å². The molecule has 0 unspecified atom stereocenters. The fraction of sp³-hybridized carbons (Fsp3) is 0.200. The third kappa shape index (κ3) is 5.55. The van der Waals surface area contributed by atoms with Gasteiger partial charge in [0.05, 0.1) is 12.5 Å². The quantitative estimate of drug-likeness (QED) is 0.702. The number of hydrazine groups is 1. The van der Waals surface area contributed by atoms with Crippen molar-refractivity contribution in [1.82, 2.24) is 10.4 Å². The summed E-state index contributed by atoms with van der Waals surface area (Å²) in [6.45, 7) is -0.515. The standard InChI is InChI=1S/C20H18ClN3O5/c21-15-7-4-8-16(10-15)22-17(25)12-29-20(28)14-9-18(26)24(11-14)23-19(27)13-5-2-1-3-6-13/h1-8,10,14H,9,11-12H2,(H,22,25)(H,23,27)/t14-/m1/s1. The predicted octanol–water partition coefficient (Wildman–Crippen LogP) is 2.02. The summed E-state index contributed by atoms with van der Waals surface area (Å²) >= 11 is 5.84. The highest BCUT2D eigenvalue weighted by molar-refractivity contribution is 6.30. The van der Waals surface area contributed by atoms with Crippen LogP contribution in [0.4, 0.5) is 5.69 Å². The number of carbonyl (C=O) groups is 4. The molecule has 1 fully saturated rings. The van der Waals surface area contributed by atoms with Gasteiger partial charge in [-0.25, -0.2) is 0 Å². The highest BCUT2D eigenvalue weighted by Gasteiger charge is 2.36. The number of carbonyl (C=O) groups excluding carboxylic acids is 4. The molecule has 0 aromatic heterocycles. The average molecular weight is 416 g/mol. The first-order valence-corrected chi connectivity index (χ1v) is 9.18. The van der Waals surface area contributed by atoms with Gasteiger partial charge in [-0.05, 0) is 30.3 Å². The zero-order valence-corrected chi connectivity index (χ0v) is 16.0. The van der Waals surface area contributed by atoms with E-state index in [2.05, 4.69) is 10.7 Å². The van der Waals surface area contributed by atoms with Crippen molar-refractivity contribution in [2.75, 3.05) is 18.5 Å². The first-order valence-electron chi connectivity index (χ1n) is 8.81. The molecule has 1 saturated heterocycles. The molecule has 1 aliphatic heterocycles. The minimum Gasteiger partial charge on any atom is -0.455 e. The van der Waals surface area contributed by atoms with Crippen LogP contribution in [0.15, 0.2) is 54.6 Å². The summed E-state index contributed by atoms with van der Waals surface area (Å²) in [5.41, 5.74) is 3.35. The van der Waals surface area contributed by atoms with Gasteiger partial charge in [0.2, 0.25) is 5.91 Å². The van der Waals surface area contributed by atoms with E-state index in [1.54, 1.807) is 54.6 Å². The van der Waals surface area contributed by atoms with E-state index in [0.717, 1.165) is 5.01 Å². The lowest BCUT2D eigenvalue weighted by Gasteiger charge is -2.17. The van der Waals surface area contributed by atoms with E-state index in [1.807, 2.05) is 0 Å². The molecule has 2 N–H and O–H groups in total. The highest BCUT2D eigenvalue weighted by atomic mass is 35.5. The molecule has 0 aliphatic carbocycles. The molecule has 0 bridgehead atoms. The number of hydrogen-bond donors (Lipinski definition) is 2. The third-order valence-corrected chi connectivity index (χ3v) is 4.42. The van der Waals surface area contributed by atoms with Crippen molar-refractivity contribution in [1.29, 1.82) is 0 Å². The van der Waals surface area contributed by atoms with Crippen LogP contribution in [-0.2, 0) is 19.1 Å². The van der Waals surface area contributed by atoms with E-state index >= 15 is 0 Å². The maximum Gasteiger partial charge on any atom is 0.311 e. The zero-order chi connectivity index (χ0) is 20.8. The molecule has 1 aliphatic rings. The van der Waals surface area contributed by atoms with Gasteiger partial charge in [-0.15, -0.1) is 0 Å². The van der Waals surface area contributed by atoms with Crippen molar-refractivity contribution in [3.8, 4) is 0 Å². The number of nitrogens with one attached hydrogen (secondary N) is 2. The summed E-state index contributed by atoms with van der Waals surface area (Å²) < 4.78 is 5.00. The van der Waals surface area contributed by atoms with Gasteiger partial charge in [-0.1, -0.05) is 35.9 Å². The Bertz CT molecular complexity index is 935. The zero-order valence-electron chi connectivity index (χ0n) is 15.3. The summed E-state index contributed by atoms with van der Waals surface area (Å²) in [5.74, 6) is -2.83. The molecule has 2 aromatic carbocycles. The Labute approximate surface area is 171 Å². The molecule has 2 aromatic rings. The fourth-order valence-corrected chi connectivity index (χ4v) is 2.96. The number of halogens is 1. The van der Waals surface area contributed by atoms with Gasteiger partial charge in [0, 0.05) is 22.7 Å². The average Bonchev–Trinajstić information content (AvgIpc) is 3.07. The van der Waals surface area contributed by atoms with Crippen LogP contribution in [0.1, 0.15) is 16.8 Å². The Kier molecular flexibility index (Phi) is 6.46. The van der Waals surface area contributed by atoms with Gasteiger partial charge < -0.3 is 10.1 Å². The number of hydrogen-bond acceptors (Lipinski definition) is 5. The monoisotopic (exact) mass is 415 g/mol. The molecule has 3 amide bonds. The first-order chi connectivity index (χ1) is 13.9. The second kappa shape index (κ2) is 9.20. The Morgan fingerprint density at radius 2 is 1.86 bits per heavy atom. The lowest BCUT2D eigenvalue weighted by molar-refractivity contribution is -0.151. The van der Waals surface area contributed by atoms with Crippen LogP contribution in [0.25, 0.3) is 0 Å². The van der Waals surface area contributed by atoms with E-state index in [-0.39, 0.29) is 13.0 Å². The molecule has 3 rings (SSSR count). The maximum absolute atomic E-state index is 12.2. The number of benzene rings is 2. The Morgan fingerprint density at radius 1 is 1.10 bits per heavy atom. The Balaban J connectivity index is 1.47. The molecule has 0 saturated carbocycles. The van der Waals surface area contributed by atoms with Gasteiger partial charge in [0.15, 0.2) is 6.61 Å². The number of amides is 3. The topological polar surface area (TPSA) is 105 Å². The van der Waals surface area contributed by atoms with Gasteiger partial charge in [0.1, 0.15) is 0 Å². The molecule has 1 heterocycles. The van der Waals surface area contributed by atoms with E-state index in [9.17, 15) is 19.2 Å². The summed E-state index contributed by atoms with van der Waals surface area (Å²) in [5, 5.41) is 4.11. The summed E-state index contributed by atoms with van der Waals surface area (Å²) in [4.78, 5) is 48.3. The van der Waals surface area contributed by atoms with E-state index in [0.29, 0.717) is 16.3 Å². The Morgan fingerprint density at radius 3 is 2.59 bits per heavy atom. The van der Waals surface area contributed by atoms with Crippen LogP contribution in [0, 0.1) is 5.92 Å². The fourth-order valence-electron chi connectivity index (χ4n) is 2.77. The number of rotatable bonds is 6. The molecular formula is C20H18ClN3O5. The second-order valence-electron chi connectivity index (χ2n) is 6.38. The van der Waals surface area contributed by atoms with Crippen molar-refractivity contribution >= 4 is 41.0 Å². The third-order valence-electron chi connectivity index (χ3n) is 4.18. The normalized spacial score (nSPS) is 15.7. The van der Waals surface area contributed by atoms with Gasteiger partial charge in [-0.3, -0.25) is 29.6 Å². The smallest absolute Gasteiger partial charge is 0.311 e. The molecular weight excluding hydrogens is 398 g/mol. The SMILES string of the molecule is O=C(COC(=O)[C@@H]1CC(=O)N(NC(=O)c2ccccc2)C1)Nc1cccc(Cl)c1. The van der Waals surface area contributed by atoms with Crippen LogP contribution in [-0.4, -0.2) is 41.9 Å². The molecule has 0 spiro atoms. The lowest BCUT2D eigenvalue weighted by Crippen LogP contribution is -2.43. The van der Waals surface area contributed by atoms with Crippen LogP contribution in [0.5, 0.6) is 0 Å². The first kappa shape index (κ1) is 20.3. The van der Waals surface area contributed by atoms with Crippen molar-refractivity contribution in [3.63, 3.8) is 0 Å². The minimum atomic E-state index is -0.766. The molecule has 9 heteroatoms. The number of esters is 1. The predicted molar refractivity (Wildman–Crippen MR) is 105 cm³/mol. The van der Waals surface area contributed by atoms with Crippen LogP contribution in [0.2, 0.25) is 5.02 Å². The lowest BCUT2D eigenvalue weighted by atomic mass is 10.1. The van der Waals surface area contributed by atoms with Crippen molar-refractivity contribution in [2.45, 2.75) is 6.42 Å². The van der Waals surface area contributed by atoms with Crippen molar-refractivity contribution in [2.24, 2.45) is 5.92 Å². The second-order valence-corrected chi connectivity index (χ2v) is 6.82. The van der Waals surface area contributed by atoms with Crippen molar-refractivity contribution in [3.05, 3.63) is 65.2 Å². The van der Waals surface area contributed by atoms with Gasteiger partial charge >= 0.3 is 5.97 Å². The number of nitrogens with zero attached hydrogens (tertiary/aromatic N) is 1. The molecule has 150 valence electrons. The molecule has 1 atom stereocenters. The van der Waals surface area contributed by atoms with Gasteiger partial charge in [-0.2, -0.15) is 0 Å². The highest BCUT2D eigenvalue weighted by Crippen LogP contribution is 2.18. The summed E-state index contributed by atoms with van der Waals surface area (Å²) in [6, 6.07) is 14.9. The number of anilines is 1. The maximum atomic E-state index is 12.2. The minimum absolute atomic E-state index is 0.0217. The van der Waals surface area contributed by atoms with E-state index < -0.39 is 36.2 Å². The van der Waals surface area contributed by atoms with E-state index in [4.69, 9.17) is 16.3 Å². The summed E-state index contributed by atoms with van der Waals surface area (Å²) in [6.07, 6.45) is -0.107. The Hall–Kier alpha value is -3.39. The van der Waals surface area contributed by atoms with Gasteiger partial charge in [0.25, 0.3) is 11.8 Å². The van der Waals surface area contributed by atoms with E-state index in [1.165, 1.54) is 0 Å². The molecule has 8 nitrogen and oxygen atoms in total. The van der Waals surface area contributed by atoms with Crippen LogP contribution < -0.4 is 10.7 Å². The van der Waals surface area contributed by atoms with Crippen molar-refractivity contribution < 1.29 is 23.9 Å². The van der Waals surface area contributed by atoms with Crippen LogP contribution >= 0.6 is 11.6 Å².